The summed E-state index contributed by atoms with van der Waals surface area (Å²) in [5.41, 5.74) is 3.43. The van der Waals surface area contributed by atoms with Crippen molar-refractivity contribution >= 4 is 30.0 Å². The molecule has 300 valence electrons. The maximum atomic E-state index is 13.0. The highest BCUT2D eigenvalue weighted by Gasteiger charge is 2.51. The van der Waals surface area contributed by atoms with Crippen LogP contribution >= 0.6 is 0 Å². The van der Waals surface area contributed by atoms with Gasteiger partial charge >= 0.3 is 23.9 Å². The Kier molecular flexibility index (Phi) is 14.2. The Labute approximate surface area is 336 Å². The van der Waals surface area contributed by atoms with Crippen LogP contribution in [0.15, 0.2) is 128 Å². The summed E-state index contributed by atoms with van der Waals surface area (Å²) in [5.74, 6) is -0.611. The molecule has 0 amide bonds. The Hall–Kier alpha value is -6.50. The maximum Gasteiger partial charge on any atom is 0.343 e. The van der Waals surface area contributed by atoms with E-state index in [9.17, 15) is 19.2 Å². The van der Waals surface area contributed by atoms with Crippen LogP contribution in [-0.2, 0) is 33.3 Å². The molecule has 58 heavy (non-hydrogen) atoms. The van der Waals surface area contributed by atoms with Crippen LogP contribution in [0.5, 0.6) is 17.2 Å². The Balaban J connectivity index is 0.911. The van der Waals surface area contributed by atoms with Gasteiger partial charge in [0.05, 0.1) is 37.6 Å². The summed E-state index contributed by atoms with van der Waals surface area (Å²) >= 11 is 0. The van der Waals surface area contributed by atoms with Crippen molar-refractivity contribution in [2.24, 2.45) is 0 Å². The number of unbranched alkanes of at least 4 members (excludes halogenated alkanes) is 1. The third-order valence-corrected chi connectivity index (χ3v) is 9.26. The van der Waals surface area contributed by atoms with Gasteiger partial charge in [0, 0.05) is 12.2 Å². The van der Waals surface area contributed by atoms with Crippen molar-refractivity contribution in [3.05, 3.63) is 145 Å². The molecule has 0 bridgehead atoms. The molecule has 4 aromatic rings. The molecule has 5 atom stereocenters. The molecule has 4 aromatic carbocycles. The Bertz CT molecular complexity index is 2070. The van der Waals surface area contributed by atoms with Crippen molar-refractivity contribution in [3.63, 3.8) is 0 Å². The average Bonchev–Trinajstić information content (AvgIpc) is 3.84. The van der Waals surface area contributed by atoms with Gasteiger partial charge in [-0.2, -0.15) is 0 Å². The van der Waals surface area contributed by atoms with Crippen LogP contribution in [0.1, 0.15) is 46.0 Å². The predicted molar refractivity (Wildman–Crippen MR) is 213 cm³/mol. The van der Waals surface area contributed by atoms with Crippen LogP contribution in [0.4, 0.5) is 0 Å². The maximum absolute atomic E-state index is 13.0. The highest BCUT2D eigenvalue weighted by Crippen LogP contribution is 2.32. The minimum absolute atomic E-state index is 0.0771. The fourth-order valence-corrected chi connectivity index (χ4v) is 6.10. The first kappa shape index (κ1) is 41.1. The van der Waals surface area contributed by atoms with Gasteiger partial charge in [-0.1, -0.05) is 55.6 Å². The standard InChI is InChI=1S/C46H44O12/c1-4-30(3)55-37-21-13-33(14-22-37)32-11-8-31(9-12-32)10-25-42(48)57-39-28-53-44-40(29-54-43(39)44)58-46(50)35-17-23-38(24-18-35)56-45(49)34-15-19-36(20-16-34)51-26-6-7-27-52-41(47)5-2/h4-5,8-25,30,39-40,43-44H,1-2,6-7,26-29H2,3H3/b25-10+/t30?,39-,40+,43-,44-/m1/s1. The molecule has 12 nitrogen and oxygen atoms in total. The van der Waals surface area contributed by atoms with E-state index in [1.807, 2.05) is 55.5 Å². The molecule has 0 N–H and O–H groups in total. The molecule has 12 heteroatoms. The Morgan fingerprint density at radius 3 is 1.84 bits per heavy atom. The van der Waals surface area contributed by atoms with Crippen molar-refractivity contribution in [3.8, 4) is 28.4 Å². The number of carbonyl (C=O) groups excluding carboxylic acids is 4. The average molecular weight is 789 g/mol. The molecule has 2 saturated heterocycles. The number of benzene rings is 4. The first-order chi connectivity index (χ1) is 28.2. The SMILES string of the molecule is C=CC(=O)OCCCCOc1ccc(C(=O)Oc2ccc(C(=O)O[C@H]3CO[C@H]4[C@@H]3OC[C@H]4OC(=O)/C=C/c3ccc(-c4ccc(OC(C)C=C)cc4)cc3)cc2)cc1. The second kappa shape index (κ2) is 20.1. The van der Waals surface area contributed by atoms with Crippen LogP contribution in [0, 0.1) is 0 Å². The second-order valence-electron chi connectivity index (χ2n) is 13.4. The lowest BCUT2D eigenvalue weighted by Gasteiger charge is -2.17. The molecule has 0 aliphatic carbocycles. The summed E-state index contributed by atoms with van der Waals surface area (Å²) in [6, 6.07) is 28.0. The lowest BCUT2D eigenvalue weighted by atomic mass is 10.0. The topological polar surface area (TPSA) is 142 Å². The van der Waals surface area contributed by atoms with Gasteiger partial charge in [-0.15, -0.1) is 0 Å². The number of esters is 4. The van der Waals surface area contributed by atoms with Crippen LogP contribution in [0.3, 0.4) is 0 Å². The summed E-state index contributed by atoms with van der Waals surface area (Å²) in [6.45, 7) is 9.89. The van der Waals surface area contributed by atoms with E-state index in [1.165, 1.54) is 30.3 Å². The summed E-state index contributed by atoms with van der Waals surface area (Å²) in [5, 5.41) is 0. The molecule has 0 aromatic heterocycles. The van der Waals surface area contributed by atoms with E-state index >= 15 is 0 Å². The van der Waals surface area contributed by atoms with Crippen molar-refractivity contribution < 1.29 is 57.1 Å². The summed E-state index contributed by atoms with van der Waals surface area (Å²) < 4.78 is 44.9. The van der Waals surface area contributed by atoms with Crippen molar-refractivity contribution in [1.82, 2.24) is 0 Å². The number of hydrogen-bond acceptors (Lipinski definition) is 12. The summed E-state index contributed by atoms with van der Waals surface area (Å²) in [4.78, 5) is 49.5. The normalized spacial score (nSPS) is 18.7. The van der Waals surface area contributed by atoms with Crippen LogP contribution < -0.4 is 14.2 Å². The van der Waals surface area contributed by atoms with E-state index in [1.54, 1.807) is 36.4 Å². The smallest absolute Gasteiger partial charge is 0.343 e. The molecule has 2 aliphatic heterocycles. The van der Waals surface area contributed by atoms with E-state index in [2.05, 4.69) is 13.2 Å². The molecule has 1 unspecified atom stereocenters. The van der Waals surface area contributed by atoms with Crippen LogP contribution in [0.25, 0.3) is 17.2 Å². The highest BCUT2D eigenvalue weighted by atomic mass is 16.7. The monoisotopic (exact) mass is 788 g/mol. The minimum Gasteiger partial charge on any atom is -0.494 e. The number of ether oxygens (including phenoxy) is 8. The van der Waals surface area contributed by atoms with Gasteiger partial charge in [0.2, 0.25) is 0 Å². The third-order valence-electron chi connectivity index (χ3n) is 9.26. The molecule has 0 radical (unpaired) electrons. The van der Waals surface area contributed by atoms with Crippen LogP contribution in [0.2, 0.25) is 0 Å². The van der Waals surface area contributed by atoms with Gasteiger partial charge < -0.3 is 37.9 Å². The molecular weight excluding hydrogens is 744 g/mol. The molecule has 2 heterocycles. The van der Waals surface area contributed by atoms with Gasteiger partial charge in [0.15, 0.2) is 12.2 Å². The molecule has 6 rings (SSSR count). The zero-order chi connectivity index (χ0) is 40.9. The van der Waals surface area contributed by atoms with E-state index in [-0.39, 0.29) is 37.2 Å². The molecule has 0 saturated carbocycles. The lowest BCUT2D eigenvalue weighted by Crippen LogP contribution is -2.35. The highest BCUT2D eigenvalue weighted by molar-refractivity contribution is 5.92. The van der Waals surface area contributed by atoms with Crippen molar-refractivity contribution in [1.29, 1.82) is 0 Å². The minimum atomic E-state index is -0.707. The number of fused-ring (bicyclic) bond motifs is 1. The van der Waals surface area contributed by atoms with E-state index in [0.29, 0.717) is 30.8 Å². The Morgan fingerprint density at radius 2 is 1.22 bits per heavy atom. The molecule has 2 aliphatic rings. The van der Waals surface area contributed by atoms with E-state index < -0.39 is 48.3 Å². The molecule has 2 fully saturated rings. The van der Waals surface area contributed by atoms with Gasteiger partial charge in [-0.25, -0.2) is 19.2 Å². The van der Waals surface area contributed by atoms with Crippen LogP contribution in [-0.4, -0.2) is 80.8 Å². The fourth-order valence-electron chi connectivity index (χ4n) is 6.10. The predicted octanol–water partition coefficient (Wildman–Crippen LogP) is 7.36. The molecular formula is C46H44O12. The van der Waals surface area contributed by atoms with E-state index in [4.69, 9.17) is 37.9 Å². The second-order valence-corrected chi connectivity index (χ2v) is 13.4. The van der Waals surface area contributed by atoms with Gasteiger partial charge in [-0.3, -0.25) is 0 Å². The van der Waals surface area contributed by atoms with E-state index in [0.717, 1.165) is 28.5 Å². The fraction of sp³-hybridized carbons (Fsp3) is 0.261. The van der Waals surface area contributed by atoms with Crippen molar-refractivity contribution in [2.75, 3.05) is 26.4 Å². The quantitative estimate of drug-likeness (QED) is 0.0248. The summed E-state index contributed by atoms with van der Waals surface area (Å²) in [6.07, 6.45) is 4.57. The number of carbonyl (C=O) groups is 4. The van der Waals surface area contributed by atoms with Gasteiger partial charge in [0.25, 0.3) is 0 Å². The number of hydrogen-bond donors (Lipinski definition) is 0. The third kappa shape index (κ3) is 11.3. The first-order valence-corrected chi connectivity index (χ1v) is 18.9. The summed E-state index contributed by atoms with van der Waals surface area (Å²) in [7, 11) is 0. The lowest BCUT2D eigenvalue weighted by molar-refractivity contribution is -0.147. The zero-order valence-corrected chi connectivity index (χ0v) is 32.0. The largest absolute Gasteiger partial charge is 0.494 e. The van der Waals surface area contributed by atoms with Gasteiger partial charge in [0.1, 0.15) is 35.6 Å². The first-order valence-electron chi connectivity index (χ1n) is 18.9. The number of rotatable bonds is 18. The molecule has 0 spiro atoms. The van der Waals surface area contributed by atoms with Gasteiger partial charge in [-0.05, 0) is 103 Å². The zero-order valence-electron chi connectivity index (χ0n) is 32.0. The van der Waals surface area contributed by atoms with Crippen molar-refractivity contribution in [2.45, 2.75) is 50.3 Å². The Morgan fingerprint density at radius 1 is 0.672 bits per heavy atom.